The maximum Gasteiger partial charge on any atom is 0.394 e. The quantitative estimate of drug-likeness (QED) is 0.806. The monoisotopic (exact) mass is 204 g/mol. The third-order valence-electron chi connectivity index (χ3n) is 1.99. The van der Waals surface area contributed by atoms with Crippen molar-refractivity contribution in [2.45, 2.75) is 6.92 Å². The summed E-state index contributed by atoms with van der Waals surface area (Å²) in [6, 6.07) is 7.42. The van der Waals surface area contributed by atoms with Gasteiger partial charge in [-0.1, -0.05) is 29.4 Å². The van der Waals surface area contributed by atoms with Crippen LogP contribution in [0.4, 0.5) is 0 Å². The van der Waals surface area contributed by atoms with E-state index in [1.54, 1.807) is 0 Å². The van der Waals surface area contributed by atoms with Crippen LogP contribution in [0.5, 0.6) is 0 Å². The molecule has 0 saturated carbocycles. The van der Waals surface area contributed by atoms with Crippen molar-refractivity contribution < 1.29 is 14.4 Å². The molecule has 15 heavy (non-hydrogen) atoms. The number of benzene rings is 1. The molecule has 0 amide bonds. The molecule has 1 heterocycles. The van der Waals surface area contributed by atoms with Crippen LogP contribution in [0.25, 0.3) is 11.4 Å². The van der Waals surface area contributed by atoms with Crippen molar-refractivity contribution in [2.75, 3.05) is 0 Å². The molecular formula is C10H8N2O3. The van der Waals surface area contributed by atoms with Gasteiger partial charge in [0.05, 0.1) is 0 Å². The number of hydrogen-bond acceptors (Lipinski definition) is 4. The zero-order valence-corrected chi connectivity index (χ0v) is 7.97. The van der Waals surface area contributed by atoms with Crippen LogP contribution < -0.4 is 0 Å². The zero-order valence-electron chi connectivity index (χ0n) is 7.97. The van der Waals surface area contributed by atoms with Gasteiger partial charge in [-0.05, 0) is 12.5 Å². The van der Waals surface area contributed by atoms with Crippen LogP contribution in [-0.2, 0) is 0 Å². The Morgan fingerprint density at radius 2 is 2.13 bits per heavy atom. The first kappa shape index (κ1) is 9.39. The van der Waals surface area contributed by atoms with E-state index in [1.165, 1.54) is 0 Å². The Morgan fingerprint density at radius 3 is 2.73 bits per heavy atom. The van der Waals surface area contributed by atoms with Gasteiger partial charge in [-0.2, -0.15) is 4.98 Å². The number of carboxylic acid groups (broad SMARTS) is 1. The van der Waals surface area contributed by atoms with Gasteiger partial charge in [0.25, 0.3) is 0 Å². The molecule has 0 aliphatic heterocycles. The Balaban J connectivity index is 2.46. The number of rotatable bonds is 2. The normalized spacial score (nSPS) is 10.2. The SMILES string of the molecule is Cc1ccccc1-c1noc(C(=O)O)n1. The summed E-state index contributed by atoms with van der Waals surface area (Å²) in [6.07, 6.45) is 0. The Labute approximate surface area is 85.4 Å². The molecule has 0 atom stereocenters. The fourth-order valence-electron chi connectivity index (χ4n) is 1.24. The standard InChI is InChI=1S/C10H8N2O3/c1-6-4-2-3-5-7(6)8-11-9(10(13)14)15-12-8/h2-5H,1H3,(H,13,14). The van der Waals surface area contributed by atoms with Crippen molar-refractivity contribution in [3.8, 4) is 11.4 Å². The lowest BCUT2D eigenvalue weighted by molar-refractivity contribution is 0.0643. The molecule has 0 bridgehead atoms. The maximum atomic E-state index is 10.5. The van der Waals surface area contributed by atoms with Crippen LogP contribution in [0.3, 0.4) is 0 Å². The highest BCUT2D eigenvalue weighted by Gasteiger charge is 2.15. The number of carbonyl (C=O) groups is 1. The van der Waals surface area contributed by atoms with Crippen molar-refractivity contribution in [3.63, 3.8) is 0 Å². The summed E-state index contributed by atoms with van der Waals surface area (Å²) in [5, 5.41) is 12.2. The number of carboxylic acids is 1. The van der Waals surface area contributed by atoms with Gasteiger partial charge < -0.3 is 9.63 Å². The molecule has 1 aromatic heterocycles. The number of aromatic carboxylic acids is 1. The lowest BCUT2D eigenvalue weighted by atomic mass is 10.1. The molecule has 0 unspecified atom stereocenters. The molecule has 2 aromatic rings. The average molecular weight is 204 g/mol. The molecule has 2 rings (SSSR count). The minimum absolute atomic E-state index is 0.297. The number of nitrogens with zero attached hydrogens (tertiary/aromatic N) is 2. The molecule has 1 N–H and O–H groups in total. The highest BCUT2D eigenvalue weighted by atomic mass is 16.5. The van der Waals surface area contributed by atoms with Gasteiger partial charge in [0.1, 0.15) is 0 Å². The van der Waals surface area contributed by atoms with Crippen molar-refractivity contribution >= 4 is 5.97 Å². The van der Waals surface area contributed by atoms with Crippen LogP contribution >= 0.6 is 0 Å². The van der Waals surface area contributed by atoms with E-state index in [0.717, 1.165) is 11.1 Å². The molecule has 76 valence electrons. The van der Waals surface area contributed by atoms with Gasteiger partial charge in [-0.15, -0.1) is 0 Å². The number of aryl methyl sites for hydroxylation is 1. The lowest BCUT2D eigenvalue weighted by Gasteiger charge is -1.97. The Hall–Kier alpha value is -2.17. The molecule has 0 aliphatic rings. The Morgan fingerprint density at radius 1 is 1.40 bits per heavy atom. The minimum atomic E-state index is -1.22. The van der Waals surface area contributed by atoms with E-state index >= 15 is 0 Å². The van der Waals surface area contributed by atoms with E-state index in [4.69, 9.17) is 5.11 Å². The van der Waals surface area contributed by atoms with E-state index in [0.29, 0.717) is 5.82 Å². The van der Waals surface area contributed by atoms with Crippen LogP contribution in [0, 0.1) is 6.92 Å². The zero-order chi connectivity index (χ0) is 10.8. The van der Waals surface area contributed by atoms with E-state index in [2.05, 4.69) is 14.7 Å². The van der Waals surface area contributed by atoms with E-state index in [1.807, 2.05) is 31.2 Å². The second kappa shape index (κ2) is 3.53. The molecule has 1 aromatic carbocycles. The Kier molecular flexibility index (Phi) is 2.21. The molecule has 0 spiro atoms. The van der Waals surface area contributed by atoms with Crippen molar-refractivity contribution in [1.29, 1.82) is 0 Å². The first-order valence-electron chi connectivity index (χ1n) is 4.31. The summed E-state index contributed by atoms with van der Waals surface area (Å²) in [5.74, 6) is -1.32. The van der Waals surface area contributed by atoms with E-state index in [-0.39, 0.29) is 0 Å². The fraction of sp³-hybridized carbons (Fsp3) is 0.100. The van der Waals surface area contributed by atoms with E-state index in [9.17, 15) is 4.79 Å². The second-order valence-electron chi connectivity index (χ2n) is 3.04. The summed E-state index contributed by atoms with van der Waals surface area (Å²) in [4.78, 5) is 14.3. The highest BCUT2D eigenvalue weighted by molar-refractivity contribution is 5.82. The fourth-order valence-corrected chi connectivity index (χ4v) is 1.24. The third-order valence-corrected chi connectivity index (χ3v) is 1.99. The summed E-state index contributed by atoms with van der Waals surface area (Å²) >= 11 is 0. The molecule has 0 aliphatic carbocycles. The lowest BCUT2D eigenvalue weighted by Crippen LogP contribution is -1.95. The molecule has 0 fully saturated rings. The maximum absolute atomic E-state index is 10.5. The van der Waals surface area contributed by atoms with Crippen molar-refractivity contribution in [1.82, 2.24) is 10.1 Å². The second-order valence-corrected chi connectivity index (χ2v) is 3.04. The van der Waals surface area contributed by atoms with Gasteiger partial charge >= 0.3 is 11.9 Å². The average Bonchev–Trinajstić information content (AvgIpc) is 2.67. The predicted molar refractivity (Wildman–Crippen MR) is 51.4 cm³/mol. The molecule has 5 nitrogen and oxygen atoms in total. The van der Waals surface area contributed by atoms with Crippen molar-refractivity contribution in [2.24, 2.45) is 0 Å². The number of aromatic nitrogens is 2. The predicted octanol–water partition coefficient (Wildman–Crippen LogP) is 1.74. The van der Waals surface area contributed by atoms with Crippen LogP contribution in [0.15, 0.2) is 28.8 Å². The minimum Gasteiger partial charge on any atom is -0.474 e. The summed E-state index contributed by atoms with van der Waals surface area (Å²) in [5.41, 5.74) is 1.74. The molecule has 5 heteroatoms. The molecule has 0 saturated heterocycles. The largest absolute Gasteiger partial charge is 0.474 e. The number of hydrogen-bond donors (Lipinski definition) is 1. The first-order chi connectivity index (χ1) is 7.18. The van der Waals surface area contributed by atoms with Gasteiger partial charge in [-0.3, -0.25) is 0 Å². The smallest absolute Gasteiger partial charge is 0.394 e. The van der Waals surface area contributed by atoms with Crippen LogP contribution in [0.1, 0.15) is 16.2 Å². The van der Waals surface area contributed by atoms with Gasteiger partial charge in [0.2, 0.25) is 5.82 Å². The topological polar surface area (TPSA) is 76.2 Å². The van der Waals surface area contributed by atoms with Crippen molar-refractivity contribution in [3.05, 3.63) is 35.7 Å². The van der Waals surface area contributed by atoms with Gasteiger partial charge in [0, 0.05) is 5.56 Å². The highest BCUT2D eigenvalue weighted by Crippen LogP contribution is 2.19. The summed E-state index contributed by atoms with van der Waals surface area (Å²) < 4.78 is 4.57. The van der Waals surface area contributed by atoms with Crippen LogP contribution in [0.2, 0.25) is 0 Å². The summed E-state index contributed by atoms with van der Waals surface area (Å²) in [7, 11) is 0. The van der Waals surface area contributed by atoms with E-state index < -0.39 is 11.9 Å². The third kappa shape index (κ3) is 1.71. The molecule has 0 radical (unpaired) electrons. The molecular weight excluding hydrogens is 196 g/mol. The first-order valence-corrected chi connectivity index (χ1v) is 4.31. The van der Waals surface area contributed by atoms with Gasteiger partial charge in [0.15, 0.2) is 0 Å². The van der Waals surface area contributed by atoms with Crippen LogP contribution in [-0.4, -0.2) is 21.2 Å². The summed E-state index contributed by atoms with van der Waals surface area (Å²) in [6.45, 7) is 1.89. The Bertz CT molecular complexity index is 505. The van der Waals surface area contributed by atoms with Gasteiger partial charge in [-0.25, -0.2) is 4.79 Å².